The van der Waals surface area contributed by atoms with Crippen LogP contribution in [0.2, 0.25) is 0 Å². The summed E-state index contributed by atoms with van der Waals surface area (Å²) in [6, 6.07) is 33.2. The molecule has 0 aliphatic heterocycles. The molecule has 0 unspecified atom stereocenters. The van der Waals surface area contributed by atoms with E-state index in [2.05, 4.69) is 55.5 Å². The van der Waals surface area contributed by atoms with Crippen LogP contribution in [0.25, 0.3) is 5.57 Å². The molecule has 0 nitrogen and oxygen atoms in total. The molecule has 0 saturated carbocycles. The largest absolute Gasteiger partial charge is 2.00 e. The fourth-order valence-corrected chi connectivity index (χ4v) is 2.04. The molecule has 0 aliphatic rings. The minimum atomic E-state index is 0. The summed E-state index contributed by atoms with van der Waals surface area (Å²) >= 11 is 0. The third-order valence-electron chi connectivity index (χ3n) is 3.15. The van der Waals surface area contributed by atoms with E-state index in [1.807, 2.05) is 54.6 Å². The van der Waals surface area contributed by atoms with Crippen LogP contribution in [0.1, 0.15) is 24.5 Å². The average Bonchev–Trinajstić information content (AvgIpc) is 2.63. The summed E-state index contributed by atoms with van der Waals surface area (Å²) in [5.41, 5.74) is 3.66. The number of hydrogen-bond donors (Lipinski definition) is 0. The van der Waals surface area contributed by atoms with Gasteiger partial charge in [-0.1, -0.05) is 48.9 Å². The fraction of sp³-hybridized carbons (Fsp3) is 0.0909. The van der Waals surface area contributed by atoms with E-state index in [1.165, 1.54) is 11.1 Å². The Morgan fingerprint density at radius 1 is 0.783 bits per heavy atom. The van der Waals surface area contributed by atoms with Gasteiger partial charge in [-0.05, 0) is 6.42 Å². The van der Waals surface area contributed by atoms with Gasteiger partial charge in [0.15, 0.2) is 0 Å². The Bertz CT molecular complexity index is 631. The Morgan fingerprint density at radius 2 is 1.30 bits per heavy atom. The Morgan fingerprint density at radius 3 is 1.74 bits per heavy atom. The molecule has 110 valence electrons. The van der Waals surface area contributed by atoms with Gasteiger partial charge in [0.05, 0.1) is 0 Å². The standard InChI is InChI=1S/C16H15.C6H5.Zn/c1-2-15(16-11-7-4-8-12-16)13-14-9-5-3-6-10-14;1-2-4-6-5-3-1;/h3-12H,2H2,1H3;1-5H;/q2*-1;+2. The zero-order chi connectivity index (χ0) is 15.5. The van der Waals surface area contributed by atoms with Gasteiger partial charge in [0.2, 0.25) is 0 Å². The van der Waals surface area contributed by atoms with Gasteiger partial charge in [0, 0.05) is 0 Å². The van der Waals surface area contributed by atoms with Crippen molar-refractivity contribution in [3.05, 3.63) is 114 Å². The normalized spacial score (nSPS) is 10.0. The van der Waals surface area contributed by atoms with Gasteiger partial charge < -0.3 is 0 Å². The van der Waals surface area contributed by atoms with E-state index in [1.54, 1.807) is 0 Å². The van der Waals surface area contributed by atoms with Gasteiger partial charge in [-0.3, -0.25) is 0 Å². The van der Waals surface area contributed by atoms with Gasteiger partial charge in [-0.2, -0.15) is 36.4 Å². The second-order valence-electron chi connectivity index (χ2n) is 4.77. The molecule has 3 aromatic carbocycles. The van der Waals surface area contributed by atoms with E-state index in [9.17, 15) is 0 Å². The van der Waals surface area contributed by atoms with Crippen molar-refractivity contribution in [2.45, 2.75) is 13.3 Å². The van der Waals surface area contributed by atoms with Crippen LogP contribution in [-0.4, -0.2) is 0 Å². The Labute approximate surface area is 152 Å². The van der Waals surface area contributed by atoms with Gasteiger partial charge in [0.1, 0.15) is 0 Å². The first-order valence-corrected chi connectivity index (χ1v) is 7.54. The van der Waals surface area contributed by atoms with Gasteiger partial charge >= 0.3 is 19.5 Å². The number of allylic oxidation sites excluding steroid dienone is 1. The third-order valence-corrected chi connectivity index (χ3v) is 3.15. The fourth-order valence-electron chi connectivity index (χ4n) is 2.04. The van der Waals surface area contributed by atoms with Crippen LogP contribution in [-0.2, 0) is 19.5 Å². The van der Waals surface area contributed by atoms with Crippen molar-refractivity contribution < 1.29 is 19.5 Å². The molecular weight excluding hydrogens is 330 g/mol. The first kappa shape index (κ1) is 19.1. The summed E-state index contributed by atoms with van der Waals surface area (Å²) in [6.07, 6.45) is 4.46. The Balaban J connectivity index is 0.000000320. The van der Waals surface area contributed by atoms with Crippen LogP contribution in [0, 0.1) is 12.1 Å². The van der Waals surface area contributed by atoms with Crippen molar-refractivity contribution in [2.75, 3.05) is 0 Å². The number of benzene rings is 3. The predicted molar refractivity (Wildman–Crippen MR) is 94.2 cm³/mol. The molecule has 23 heavy (non-hydrogen) atoms. The van der Waals surface area contributed by atoms with Crippen molar-refractivity contribution >= 4 is 5.57 Å². The number of rotatable bonds is 3. The van der Waals surface area contributed by atoms with E-state index in [0.717, 1.165) is 12.0 Å². The second-order valence-corrected chi connectivity index (χ2v) is 4.77. The van der Waals surface area contributed by atoms with Crippen LogP contribution in [0.3, 0.4) is 0 Å². The second kappa shape index (κ2) is 11.6. The van der Waals surface area contributed by atoms with E-state index in [0.29, 0.717) is 0 Å². The molecule has 3 aromatic rings. The Kier molecular flexibility index (Phi) is 9.60. The molecule has 0 aliphatic carbocycles. The summed E-state index contributed by atoms with van der Waals surface area (Å²) < 4.78 is 0. The van der Waals surface area contributed by atoms with Gasteiger partial charge in [0.25, 0.3) is 0 Å². The predicted octanol–water partition coefficient (Wildman–Crippen LogP) is 5.82. The van der Waals surface area contributed by atoms with Crippen LogP contribution >= 0.6 is 0 Å². The summed E-state index contributed by atoms with van der Waals surface area (Å²) in [5.74, 6) is 0. The van der Waals surface area contributed by atoms with E-state index >= 15 is 0 Å². The molecular formula is C22H20Zn. The van der Waals surface area contributed by atoms with Crippen molar-refractivity contribution in [3.63, 3.8) is 0 Å². The Hall–Kier alpha value is -1.98. The van der Waals surface area contributed by atoms with E-state index < -0.39 is 0 Å². The van der Waals surface area contributed by atoms with Crippen LogP contribution < -0.4 is 0 Å². The maximum atomic E-state index is 3.46. The summed E-state index contributed by atoms with van der Waals surface area (Å²) in [5, 5.41) is 0. The SMILES string of the molecule is CCC(=[C-]c1ccccc1)c1ccccc1.[Zn+2].[c-]1ccccc1. The van der Waals surface area contributed by atoms with Crippen LogP contribution in [0.5, 0.6) is 0 Å². The minimum absolute atomic E-state index is 0. The molecule has 0 heterocycles. The molecule has 0 spiro atoms. The molecule has 0 radical (unpaired) electrons. The topological polar surface area (TPSA) is 0 Å². The van der Waals surface area contributed by atoms with Crippen molar-refractivity contribution in [1.29, 1.82) is 0 Å². The monoisotopic (exact) mass is 348 g/mol. The first-order chi connectivity index (χ1) is 10.9. The third kappa shape index (κ3) is 7.22. The van der Waals surface area contributed by atoms with Crippen molar-refractivity contribution in [2.24, 2.45) is 0 Å². The zero-order valence-electron chi connectivity index (χ0n) is 13.6. The molecule has 0 aromatic heterocycles. The molecule has 1 heteroatoms. The molecule has 0 amide bonds. The molecule has 3 rings (SSSR count). The summed E-state index contributed by atoms with van der Waals surface area (Å²) in [7, 11) is 0. The molecule has 0 saturated heterocycles. The van der Waals surface area contributed by atoms with E-state index in [-0.39, 0.29) is 19.5 Å². The number of hydrogen-bond acceptors (Lipinski definition) is 0. The molecule has 0 fully saturated rings. The van der Waals surface area contributed by atoms with Crippen molar-refractivity contribution in [1.82, 2.24) is 0 Å². The smallest absolute Gasteiger partial charge is 0.184 e. The van der Waals surface area contributed by atoms with E-state index in [4.69, 9.17) is 0 Å². The van der Waals surface area contributed by atoms with Gasteiger partial charge in [-0.25, -0.2) is 0 Å². The zero-order valence-corrected chi connectivity index (χ0v) is 16.5. The van der Waals surface area contributed by atoms with Gasteiger partial charge in [-0.15, -0.1) is 41.5 Å². The maximum Gasteiger partial charge on any atom is 2.00 e. The average molecular weight is 350 g/mol. The van der Waals surface area contributed by atoms with Crippen molar-refractivity contribution in [3.8, 4) is 0 Å². The molecule has 0 atom stereocenters. The molecule has 0 N–H and O–H groups in total. The van der Waals surface area contributed by atoms with Crippen LogP contribution in [0.4, 0.5) is 0 Å². The minimum Gasteiger partial charge on any atom is -0.184 e. The summed E-state index contributed by atoms with van der Waals surface area (Å²) in [6.45, 7) is 2.16. The first-order valence-electron chi connectivity index (χ1n) is 7.54. The summed E-state index contributed by atoms with van der Waals surface area (Å²) in [4.78, 5) is 0. The van der Waals surface area contributed by atoms with Crippen LogP contribution in [0.15, 0.2) is 91.0 Å². The maximum absolute atomic E-state index is 3.46. The molecule has 0 bridgehead atoms. The quantitative estimate of drug-likeness (QED) is 0.318.